The number of nitrogens with zero attached hydrogens (tertiary/aromatic N) is 2. The van der Waals surface area contributed by atoms with Gasteiger partial charge in [0.15, 0.2) is 5.60 Å². The molecule has 1 saturated carbocycles. The molecule has 0 unspecified atom stereocenters. The van der Waals surface area contributed by atoms with Crippen molar-refractivity contribution in [2.24, 2.45) is 17.8 Å². The predicted octanol–water partition coefficient (Wildman–Crippen LogP) is 2.45. The van der Waals surface area contributed by atoms with E-state index < -0.39 is 23.6 Å². The molecule has 3 fully saturated rings. The molecule has 0 aromatic heterocycles. The Morgan fingerprint density at radius 1 is 1.08 bits per heavy atom. The van der Waals surface area contributed by atoms with Gasteiger partial charge in [-0.1, -0.05) is 55.0 Å². The minimum Gasteiger partial charge on any atom is -0.372 e. The summed E-state index contributed by atoms with van der Waals surface area (Å²) in [6, 6.07) is 15.3. The van der Waals surface area contributed by atoms with Gasteiger partial charge in [0.1, 0.15) is 12.1 Å². The highest BCUT2D eigenvalue weighted by molar-refractivity contribution is 6.01. The number of carbonyl (C=O) groups is 3. The predicted molar refractivity (Wildman–Crippen MR) is 139 cm³/mol. The second-order valence-corrected chi connectivity index (χ2v) is 11.1. The van der Waals surface area contributed by atoms with Crippen LogP contribution in [0.2, 0.25) is 0 Å². The smallest absolute Gasteiger partial charge is 0.264 e. The Morgan fingerprint density at radius 3 is 2.42 bits per heavy atom. The van der Waals surface area contributed by atoms with E-state index in [2.05, 4.69) is 16.7 Å². The lowest BCUT2D eigenvalue weighted by molar-refractivity contribution is -0.152. The maximum absolute atomic E-state index is 14.3. The van der Waals surface area contributed by atoms with Gasteiger partial charge in [0, 0.05) is 30.1 Å². The summed E-state index contributed by atoms with van der Waals surface area (Å²) in [6.07, 6.45) is 4.51. The van der Waals surface area contributed by atoms with Gasteiger partial charge in [-0.25, -0.2) is 0 Å². The van der Waals surface area contributed by atoms with Crippen LogP contribution in [0.4, 0.5) is 0 Å². The van der Waals surface area contributed by atoms with Crippen molar-refractivity contribution in [3.05, 3.63) is 59.7 Å². The van der Waals surface area contributed by atoms with Gasteiger partial charge < -0.3 is 20.6 Å². The van der Waals surface area contributed by atoms with Crippen LogP contribution >= 0.6 is 0 Å². The molecule has 2 aromatic carbocycles. The van der Waals surface area contributed by atoms with E-state index in [1.165, 1.54) is 0 Å². The number of aliphatic hydroxyl groups is 1. The number of hydrogen-bond donors (Lipinski definition) is 3. The molecule has 8 heteroatoms. The minimum absolute atomic E-state index is 0.0215. The fraction of sp³-hybridized carbons (Fsp3) is 0.467. The van der Waals surface area contributed by atoms with Crippen LogP contribution in [0.1, 0.15) is 49.7 Å². The van der Waals surface area contributed by atoms with Gasteiger partial charge in [-0.05, 0) is 55.1 Å². The Balaban J connectivity index is 1.30. The van der Waals surface area contributed by atoms with Crippen LogP contribution in [-0.2, 0) is 20.0 Å². The van der Waals surface area contributed by atoms with E-state index in [-0.39, 0.29) is 36.0 Å². The molecular weight excluding hydrogens is 480 g/mol. The molecule has 196 valence electrons. The number of fused-ring (bicyclic) bond motifs is 4. The first-order valence-corrected chi connectivity index (χ1v) is 13.6. The van der Waals surface area contributed by atoms with Crippen molar-refractivity contribution in [1.82, 2.24) is 15.5 Å². The van der Waals surface area contributed by atoms with E-state index >= 15 is 0 Å². The highest BCUT2D eigenvalue weighted by atomic mass is 16.3. The average molecular weight is 513 g/mol. The summed E-state index contributed by atoms with van der Waals surface area (Å²) in [4.78, 5) is 41.9. The Bertz CT molecular complexity index is 1290. The monoisotopic (exact) mass is 512 g/mol. The van der Waals surface area contributed by atoms with Crippen LogP contribution in [-0.4, -0.2) is 52.9 Å². The first-order valence-electron chi connectivity index (χ1n) is 13.6. The lowest BCUT2D eigenvalue weighted by Crippen LogP contribution is -2.55. The Hall–Kier alpha value is -3.70. The molecule has 0 bridgehead atoms. The normalized spacial score (nSPS) is 27.5. The number of nitrogens with one attached hydrogen (secondary N) is 2. The first-order chi connectivity index (χ1) is 18.4. The van der Waals surface area contributed by atoms with Gasteiger partial charge >= 0.3 is 0 Å². The van der Waals surface area contributed by atoms with Crippen molar-refractivity contribution < 1.29 is 19.5 Å². The van der Waals surface area contributed by atoms with Gasteiger partial charge in [0.25, 0.3) is 5.91 Å². The van der Waals surface area contributed by atoms with Crippen molar-refractivity contribution in [3.63, 3.8) is 0 Å². The Labute approximate surface area is 222 Å². The van der Waals surface area contributed by atoms with Crippen molar-refractivity contribution in [2.75, 3.05) is 13.1 Å². The van der Waals surface area contributed by atoms with E-state index in [1.807, 2.05) is 36.4 Å². The number of hydrogen-bond acceptors (Lipinski definition) is 5. The zero-order valence-electron chi connectivity index (χ0n) is 21.2. The van der Waals surface area contributed by atoms with Crippen molar-refractivity contribution >= 4 is 17.7 Å². The molecule has 2 heterocycles. The third-order valence-electron chi connectivity index (χ3n) is 9.05. The summed E-state index contributed by atoms with van der Waals surface area (Å²) in [5.41, 5.74) is 0.796. The molecule has 4 aliphatic rings. The first kappa shape index (κ1) is 24.6. The number of rotatable bonds is 5. The third-order valence-corrected chi connectivity index (χ3v) is 9.05. The second-order valence-electron chi connectivity index (χ2n) is 11.1. The molecule has 2 saturated heterocycles. The average Bonchev–Trinajstić information content (AvgIpc) is 3.61. The molecule has 5 atom stereocenters. The van der Waals surface area contributed by atoms with E-state index in [0.29, 0.717) is 30.6 Å². The number of likely N-dealkylation sites (tertiary alicyclic amines) is 1. The lowest BCUT2D eigenvalue weighted by atomic mass is 9.88. The van der Waals surface area contributed by atoms with Crippen molar-refractivity contribution in [1.29, 1.82) is 5.26 Å². The summed E-state index contributed by atoms with van der Waals surface area (Å²) in [6.45, 7) is 1.03. The van der Waals surface area contributed by atoms with E-state index in [0.717, 1.165) is 36.8 Å². The largest absolute Gasteiger partial charge is 0.372 e. The quantitative estimate of drug-likeness (QED) is 0.568. The van der Waals surface area contributed by atoms with Crippen LogP contribution in [0.3, 0.4) is 0 Å². The summed E-state index contributed by atoms with van der Waals surface area (Å²) < 4.78 is 0. The number of amides is 3. The topological polar surface area (TPSA) is 123 Å². The maximum atomic E-state index is 14.3. The van der Waals surface area contributed by atoms with Gasteiger partial charge in [-0.2, -0.15) is 5.26 Å². The van der Waals surface area contributed by atoms with Crippen molar-refractivity contribution in [2.45, 2.75) is 56.2 Å². The standard InChI is InChI=1S/C30H32N4O4/c31-16-20(15-18-8-6-14-32-27(18)35)33-28(36)26-21-11-5-7-19(21)17-34(26)29(37)30(38)24-12-3-1-9-22(24)23-10-2-4-13-25(23)30/h1-4,9-10,12-13,18-21,26,38H,5-8,11,14-15,17H2,(H,32,35)(H,33,36)/t18-,19-,20+,21-,26-/m1/s1. The molecule has 3 amide bonds. The van der Waals surface area contributed by atoms with Crippen LogP contribution in [0.25, 0.3) is 11.1 Å². The van der Waals surface area contributed by atoms with Gasteiger partial charge in [0.05, 0.1) is 6.07 Å². The fourth-order valence-corrected chi connectivity index (χ4v) is 7.25. The molecule has 38 heavy (non-hydrogen) atoms. The molecule has 2 aliphatic heterocycles. The summed E-state index contributed by atoms with van der Waals surface area (Å²) in [5.74, 6) is -1.12. The molecular formula is C30H32N4O4. The van der Waals surface area contributed by atoms with Crippen LogP contribution in [0, 0.1) is 29.1 Å². The summed E-state index contributed by atoms with van der Waals surface area (Å²) in [5, 5.41) is 27.6. The second kappa shape index (κ2) is 9.55. The van der Waals surface area contributed by atoms with E-state index in [4.69, 9.17) is 0 Å². The highest BCUT2D eigenvalue weighted by Crippen LogP contribution is 2.50. The molecule has 2 aliphatic carbocycles. The third kappa shape index (κ3) is 3.80. The molecule has 6 rings (SSSR count). The number of carbonyl (C=O) groups excluding carboxylic acids is 3. The zero-order chi connectivity index (χ0) is 26.4. The maximum Gasteiger partial charge on any atom is 0.264 e. The fourth-order valence-electron chi connectivity index (χ4n) is 7.25. The molecule has 3 N–H and O–H groups in total. The van der Waals surface area contributed by atoms with Crippen LogP contribution < -0.4 is 10.6 Å². The summed E-state index contributed by atoms with van der Waals surface area (Å²) >= 11 is 0. The number of piperidine rings is 1. The van der Waals surface area contributed by atoms with E-state index in [9.17, 15) is 24.8 Å². The SMILES string of the molecule is N#C[C@H](C[C@H]1CCCNC1=O)NC(=O)[C@H]1[C@@H]2CCC[C@@H]2CN1C(=O)C1(O)c2ccccc2-c2ccccc21. The Kier molecular flexibility index (Phi) is 6.19. The van der Waals surface area contributed by atoms with Crippen LogP contribution in [0.15, 0.2) is 48.5 Å². The van der Waals surface area contributed by atoms with Crippen LogP contribution in [0.5, 0.6) is 0 Å². The van der Waals surface area contributed by atoms with Gasteiger partial charge in [-0.15, -0.1) is 0 Å². The zero-order valence-corrected chi connectivity index (χ0v) is 21.2. The lowest BCUT2D eigenvalue weighted by Gasteiger charge is -2.34. The van der Waals surface area contributed by atoms with E-state index in [1.54, 1.807) is 17.0 Å². The molecule has 8 nitrogen and oxygen atoms in total. The molecule has 0 radical (unpaired) electrons. The highest BCUT2D eigenvalue weighted by Gasteiger charge is 2.56. The summed E-state index contributed by atoms with van der Waals surface area (Å²) in [7, 11) is 0. The van der Waals surface area contributed by atoms with Gasteiger partial charge in [-0.3, -0.25) is 14.4 Å². The molecule has 2 aromatic rings. The minimum atomic E-state index is -1.89. The van der Waals surface area contributed by atoms with Gasteiger partial charge in [0.2, 0.25) is 11.8 Å². The Morgan fingerprint density at radius 2 is 1.76 bits per heavy atom. The number of benzene rings is 2. The molecule has 0 spiro atoms. The van der Waals surface area contributed by atoms with Crippen molar-refractivity contribution in [3.8, 4) is 17.2 Å². The number of nitriles is 1.